The Kier molecular flexibility index (Phi) is 4.33. The van der Waals surface area contributed by atoms with Crippen LogP contribution in [0.2, 0.25) is 0 Å². The Labute approximate surface area is 111 Å². The monoisotopic (exact) mass is 263 g/mol. The highest BCUT2D eigenvalue weighted by Crippen LogP contribution is 2.10. The predicted octanol–water partition coefficient (Wildman–Crippen LogP) is 1.90. The lowest BCUT2D eigenvalue weighted by atomic mass is 10.2. The van der Waals surface area contributed by atoms with Crippen molar-refractivity contribution >= 4 is 18.2 Å². The van der Waals surface area contributed by atoms with Crippen molar-refractivity contribution in [3.8, 4) is 0 Å². The van der Waals surface area contributed by atoms with E-state index in [9.17, 15) is 9.59 Å². The normalized spacial score (nSPS) is 15.5. The van der Waals surface area contributed by atoms with E-state index < -0.39 is 6.03 Å². The molecule has 0 radical (unpaired) electrons. The number of urea groups is 1. The molecule has 0 bridgehead atoms. The highest BCUT2D eigenvalue weighted by molar-refractivity contribution is 6.02. The number of nitrogens with zero attached hydrogens (tertiary/aromatic N) is 2. The Bertz CT molecular complexity index is 493. The van der Waals surface area contributed by atoms with Crippen LogP contribution in [0.1, 0.15) is 37.7 Å². The van der Waals surface area contributed by atoms with E-state index in [0.717, 1.165) is 23.6 Å². The van der Waals surface area contributed by atoms with Gasteiger partial charge in [0.15, 0.2) is 0 Å². The van der Waals surface area contributed by atoms with Crippen molar-refractivity contribution in [2.75, 3.05) is 6.54 Å². The number of furan rings is 1. The molecule has 0 aliphatic carbocycles. The molecule has 1 aliphatic rings. The molecule has 1 aromatic rings. The first kappa shape index (κ1) is 13.3. The largest absolute Gasteiger partial charge is 0.460 e. The van der Waals surface area contributed by atoms with Crippen LogP contribution in [-0.2, 0) is 11.2 Å². The summed E-state index contributed by atoms with van der Waals surface area (Å²) in [6, 6.07) is 3.21. The topological polar surface area (TPSA) is 74.9 Å². The number of unbranched alkanes of at least 4 members (excludes halogenated alkanes) is 2. The molecule has 19 heavy (non-hydrogen) atoms. The Morgan fingerprint density at radius 2 is 2.26 bits per heavy atom. The summed E-state index contributed by atoms with van der Waals surface area (Å²) in [5.74, 6) is 1.15. The Hall–Kier alpha value is -2.11. The van der Waals surface area contributed by atoms with E-state index in [1.807, 2.05) is 6.07 Å². The SMILES string of the molecule is CCCCCc1ccc(C=NN2CC(=O)NC2=O)o1. The number of hydrazone groups is 1. The van der Waals surface area contributed by atoms with Gasteiger partial charge in [-0.25, -0.2) is 9.80 Å². The first-order valence-corrected chi connectivity index (χ1v) is 6.43. The molecule has 0 atom stereocenters. The van der Waals surface area contributed by atoms with Crippen molar-refractivity contribution in [3.63, 3.8) is 0 Å². The van der Waals surface area contributed by atoms with Crippen molar-refractivity contribution in [2.45, 2.75) is 32.6 Å². The minimum Gasteiger partial charge on any atom is -0.460 e. The third kappa shape index (κ3) is 3.67. The van der Waals surface area contributed by atoms with Crippen LogP contribution >= 0.6 is 0 Å². The molecule has 0 unspecified atom stereocenters. The smallest absolute Gasteiger partial charge is 0.344 e. The van der Waals surface area contributed by atoms with Gasteiger partial charge in [-0.2, -0.15) is 5.10 Å². The molecule has 2 heterocycles. The average molecular weight is 263 g/mol. The lowest BCUT2D eigenvalue weighted by Gasteiger charge is -2.02. The second-order valence-corrected chi connectivity index (χ2v) is 4.42. The molecule has 0 aromatic carbocycles. The molecule has 1 fully saturated rings. The van der Waals surface area contributed by atoms with Crippen LogP contribution < -0.4 is 5.32 Å². The number of nitrogens with one attached hydrogen (secondary N) is 1. The zero-order chi connectivity index (χ0) is 13.7. The average Bonchev–Trinajstić information content (AvgIpc) is 2.94. The van der Waals surface area contributed by atoms with Gasteiger partial charge in [-0.05, 0) is 18.6 Å². The van der Waals surface area contributed by atoms with Gasteiger partial charge in [0.2, 0.25) is 5.91 Å². The number of aryl methyl sites for hydroxylation is 1. The summed E-state index contributed by atoms with van der Waals surface area (Å²) in [5.41, 5.74) is 0. The van der Waals surface area contributed by atoms with Crippen LogP contribution in [0.4, 0.5) is 4.79 Å². The molecule has 6 heteroatoms. The van der Waals surface area contributed by atoms with E-state index in [2.05, 4.69) is 17.3 Å². The number of hydrogen-bond donors (Lipinski definition) is 1. The predicted molar refractivity (Wildman–Crippen MR) is 69.8 cm³/mol. The van der Waals surface area contributed by atoms with Crippen molar-refractivity contribution < 1.29 is 14.0 Å². The van der Waals surface area contributed by atoms with Crippen LogP contribution in [0.3, 0.4) is 0 Å². The standard InChI is InChI=1S/C13H17N3O3/c1-2-3-4-5-10-6-7-11(19-10)8-14-16-9-12(17)15-13(16)18/h6-8H,2-5,9H2,1H3,(H,15,17,18). The zero-order valence-corrected chi connectivity index (χ0v) is 10.9. The summed E-state index contributed by atoms with van der Waals surface area (Å²) in [5, 5.41) is 7.13. The summed E-state index contributed by atoms with van der Waals surface area (Å²) < 4.78 is 5.56. The summed E-state index contributed by atoms with van der Waals surface area (Å²) >= 11 is 0. The molecular weight excluding hydrogens is 246 g/mol. The van der Waals surface area contributed by atoms with Gasteiger partial charge in [-0.1, -0.05) is 19.8 Å². The van der Waals surface area contributed by atoms with E-state index in [0.29, 0.717) is 5.76 Å². The minimum atomic E-state index is -0.504. The van der Waals surface area contributed by atoms with Gasteiger partial charge >= 0.3 is 6.03 Å². The quantitative estimate of drug-likeness (QED) is 0.484. The maximum atomic E-state index is 11.2. The molecule has 3 amide bonds. The Morgan fingerprint density at radius 1 is 1.42 bits per heavy atom. The van der Waals surface area contributed by atoms with Gasteiger partial charge in [-0.15, -0.1) is 0 Å². The van der Waals surface area contributed by atoms with Gasteiger partial charge < -0.3 is 4.42 Å². The van der Waals surface area contributed by atoms with Crippen molar-refractivity contribution in [2.24, 2.45) is 5.10 Å². The van der Waals surface area contributed by atoms with E-state index in [1.165, 1.54) is 19.1 Å². The number of carbonyl (C=O) groups is 2. The van der Waals surface area contributed by atoms with E-state index >= 15 is 0 Å². The van der Waals surface area contributed by atoms with Crippen LogP contribution in [0, 0.1) is 0 Å². The fourth-order valence-corrected chi connectivity index (χ4v) is 1.80. The number of rotatable bonds is 6. The van der Waals surface area contributed by atoms with Crippen LogP contribution in [0.15, 0.2) is 21.7 Å². The van der Waals surface area contributed by atoms with Crippen LogP contribution in [0.25, 0.3) is 0 Å². The fourth-order valence-electron chi connectivity index (χ4n) is 1.80. The van der Waals surface area contributed by atoms with Gasteiger partial charge in [0.1, 0.15) is 18.1 Å². The van der Waals surface area contributed by atoms with E-state index in [4.69, 9.17) is 4.42 Å². The molecule has 0 saturated carbocycles. The molecule has 1 aromatic heterocycles. The molecule has 1 N–H and O–H groups in total. The Morgan fingerprint density at radius 3 is 2.95 bits per heavy atom. The summed E-state index contributed by atoms with van der Waals surface area (Å²) in [6.07, 6.45) is 5.81. The zero-order valence-electron chi connectivity index (χ0n) is 10.9. The van der Waals surface area contributed by atoms with Crippen molar-refractivity contribution in [1.82, 2.24) is 10.3 Å². The fraction of sp³-hybridized carbons (Fsp3) is 0.462. The van der Waals surface area contributed by atoms with Crippen molar-refractivity contribution in [3.05, 3.63) is 23.7 Å². The number of hydrogen-bond acceptors (Lipinski definition) is 4. The maximum Gasteiger partial charge on any atom is 0.344 e. The van der Waals surface area contributed by atoms with Crippen LogP contribution in [0.5, 0.6) is 0 Å². The Balaban J connectivity index is 1.89. The second-order valence-electron chi connectivity index (χ2n) is 4.42. The molecule has 2 rings (SSSR count). The minimum absolute atomic E-state index is 0.0423. The summed E-state index contributed by atoms with van der Waals surface area (Å²) in [7, 11) is 0. The lowest BCUT2D eigenvalue weighted by Crippen LogP contribution is -2.24. The number of carbonyl (C=O) groups excluding carboxylic acids is 2. The van der Waals surface area contributed by atoms with Gasteiger partial charge in [-0.3, -0.25) is 10.1 Å². The first-order valence-electron chi connectivity index (χ1n) is 6.43. The van der Waals surface area contributed by atoms with Crippen LogP contribution in [-0.4, -0.2) is 29.7 Å². The third-order valence-electron chi connectivity index (χ3n) is 2.81. The lowest BCUT2D eigenvalue weighted by molar-refractivity contribution is -0.118. The second kappa shape index (κ2) is 6.17. The highest BCUT2D eigenvalue weighted by atomic mass is 16.3. The number of amides is 3. The highest BCUT2D eigenvalue weighted by Gasteiger charge is 2.25. The molecule has 0 spiro atoms. The van der Waals surface area contributed by atoms with E-state index in [1.54, 1.807) is 6.07 Å². The first-order chi connectivity index (χ1) is 9.19. The summed E-state index contributed by atoms with van der Waals surface area (Å²) in [4.78, 5) is 22.2. The molecule has 6 nitrogen and oxygen atoms in total. The van der Waals surface area contributed by atoms with Gasteiger partial charge in [0.25, 0.3) is 0 Å². The third-order valence-corrected chi connectivity index (χ3v) is 2.81. The van der Waals surface area contributed by atoms with E-state index in [-0.39, 0.29) is 12.5 Å². The van der Waals surface area contributed by atoms with Crippen molar-refractivity contribution in [1.29, 1.82) is 0 Å². The molecular formula is C13H17N3O3. The molecule has 1 saturated heterocycles. The number of imide groups is 1. The van der Waals surface area contributed by atoms with Gasteiger partial charge in [0, 0.05) is 6.42 Å². The summed E-state index contributed by atoms with van der Waals surface area (Å²) in [6.45, 7) is 2.11. The maximum absolute atomic E-state index is 11.2. The molecule has 1 aliphatic heterocycles. The van der Waals surface area contributed by atoms with Gasteiger partial charge in [0.05, 0.1) is 6.21 Å². The molecule has 102 valence electrons.